The van der Waals surface area contributed by atoms with Gasteiger partial charge in [-0.2, -0.15) is 4.98 Å². The van der Waals surface area contributed by atoms with Gasteiger partial charge < -0.3 is 13.8 Å². The summed E-state index contributed by atoms with van der Waals surface area (Å²) in [6.07, 6.45) is 2.13. The van der Waals surface area contributed by atoms with Crippen LogP contribution in [0.2, 0.25) is 0 Å². The molecule has 3 heterocycles. The molecule has 0 atom stereocenters. The Balaban J connectivity index is 1.70. The van der Waals surface area contributed by atoms with Crippen molar-refractivity contribution in [2.24, 2.45) is 0 Å². The van der Waals surface area contributed by atoms with Crippen LogP contribution in [0.5, 0.6) is 5.75 Å². The van der Waals surface area contributed by atoms with Crippen molar-refractivity contribution in [3.05, 3.63) is 82.2 Å². The SMILES string of the molecule is CCc1noc(Cn2cnc3c4cc(OC)ccc4n(Cc4ccc(F)cc4)c3c2=O)n1. The van der Waals surface area contributed by atoms with E-state index in [2.05, 4.69) is 15.1 Å². The van der Waals surface area contributed by atoms with Crippen molar-refractivity contribution in [3.8, 4) is 5.75 Å². The number of fused-ring (bicyclic) bond motifs is 3. The van der Waals surface area contributed by atoms with Crippen molar-refractivity contribution >= 4 is 21.9 Å². The summed E-state index contributed by atoms with van der Waals surface area (Å²) >= 11 is 0. The molecule has 0 radical (unpaired) electrons. The molecule has 2 aromatic carbocycles. The minimum absolute atomic E-state index is 0.121. The molecule has 3 aromatic heterocycles. The van der Waals surface area contributed by atoms with Crippen LogP contribution in [0, 0.1) is 5.82 Å². The van der Waals surface area contributed by atoms with Crippen LogP contribution in [0.1, 0.15) is 24.2 Å². The van der Waals surface area contributed by atoms with Gasteiger partial charge in [0, 0.05) is 18.4 Å². The van der Waals surface area contributed by atoms with Crippen molar-refractivity contribution < 1.29 is 13.7 Å². The molecule has 162 valence electrons. The number of ether oxygens (including phenoxy) is 1. The highest BCUT2D eigenvalue weighted by molar-refractivity contribution is 6.06. The average Bonchev–Trinajstić information content (AvgIpc) is 3.39. The lowest BCUT2D eigenvalue weighted by atomic mass is 10.2. The number of hydrogen-bond acceptors (Lipinski definition) is 6. The first-order chi connectivity index (χ1) is 15.6. The Labute approximate surface area is 181 Å². The minimum atomic E-state index is -0.310. The number of rotatable bonds is 6. The summed E-state index contributed by atoms with van der Waals surface area (Å²) in [5, 5.41) is 4.69. The molecule has 5 rings (SSSR count). The third-order valence-electron chi connectivity index (χ3n) is 5.42. The van der Waals surface area contributed by atoms with Crippen LogP contribution in [-0.2, 0) is 19.5 Å². The smallest absolute Gasteiger partial charge is 0.278 e. The molecule has 0 spiro atoms. The molecule has 0 unspecified atom stereocenters. The van der Waals surface area contributed by atoms with E-state index < -0.39 is 0 Å². The van der Waals surface area contributed by atoms with Crippen molar-refractivity contribution in [1.82, 2.24) is 24.3 Å². The Morgan fingerprint density at radius 3 is 2.66 bits per heavy atom. The van der Waals surface area contributed by atoms with Crippen molar-refractivity contribution in [2.75, 3.05) is 7.11 Å². The predicted octanol–water partition coefficient (Wildman–Crippen LogP) is 3.54. The number of aromatic nitrogens is 5. The highest BCUT2D eigenvalue weighted by Gasteiger charge is 2.18. The van der Waals surface area contributed by atoms with Crippen LogP contribution in [-0.4, -0.2) is 31.4 Å². The first kappa shape index (κ1) is 19.9. The predicted molar refractivity (Wildman–Crippen MR) is 116 cm³/mol. The molecule has 0 N–H and O–H groups in total. The normalized spacial score (nSPS) is 11.5. The second kappa shape index (κ2) is 7.92. The topological polar surface area (TPSA) is 88.0 Å². The molecule has 0 aliphatic heterocycles. The molecule has 9 heteroatoms. The Bertz CT molecular complexity index is 1480. The van der Waals surface area contributed by atoms with E-state index in [1.807, 2.05) is 29.7 Å². The van der Waals surface area contributed by atoms with Gasteiger partial charge in [-0.3, -0.25) is 9.36 Å². The van der Waals surface area contributed by atoms with Gasteiger partial charge in [0.15, 0.2) is 5.82 Å². The maximum absolute atomic E-state index is 13.5. The fourth-order valence-corrected chi connectivity index (χ4v) is 3.80. The van der Waals surface area contributed by atoms with Crippen LogP contribution in [0.25, 0.3) is 21.9 Å². The summed E-state index contributed by atoms with van der Waals surface area (Å²) in [5.41, 5.74) is 2.47. The van der Waals surface area contributed by atoms with E-state index >= 15 is 0 Å². The summed E-state index contributed by atoms with van der Waals surface area (Å²) in [5.74, 6) is 1.28. The maximum Gasteiger partial charge on any atom is 0.278 e. The van der Waals surface area contributed by atoms with Gasteiger partial charge in [-0.05, 0) is 35.9 Å². The maximum atomic E-state index is 13.5. The lowest BCUT2D eigenvalue weighted by Crippen LogP contribution is -2.23. The molecule has 5 aromatic rings. The largest absolute Gasteiger partial charge is 0.497 e. The Morgan fingerprint density at radius 1 is 1.12 bits per heavy atom. The highest BCUT2D eigenvalue weighted by Crippen LogP contribution is 2.29. The van der Waals surface area contributed by atoms with E-state index in [1.165, 1.54) is 23.0 Å². The van der Waals surface area contributed by atoms with Gasteiger partial charge in [0.2, 0.25) is 5.89 Å². The van der Waals surface area contributed by atoms with Gasteiger partial charge >= 0.3 is 0 Å². The van der Waals surface area contributed by atoms with Crippen molar-refractivity contribution in [1.29, 1.82) is 0 Å². The standard InChI is InChI=1S/C23H20FN5O3/c1-3-19-26-20(32-27-19)12-28-13-25-21-17-10-16(31-2)8-9-18(17)29(22(21)23(28)30)11-14-4-6-15(24)7-5-14/h4-10,13H,3,11-12H2,1-2H3. The molecule has 0 saturated carbocycles. The number of benzene rings is 2. The summed E-state index contributed by atoms with van der Waals surface area (Å²) < 4.78 is 27.4. The van der Waals surface area contributed by atoms with Gasteiger partial charge in [-0.15, -0.1) is 0 Å². The van der Waals surface area contributed by atoms with E-state index in [0.717, 1.165) is 16.5 Å². The molecule has 0 aliphatic carbocycles. The fourth-order valence-electron chi connectivity index (χ4n) is 3.80. The van der Waals surface area contributed by atoms with E-state index in [9.17, 15) is 9.18 Å². The van der Waals surface area contributed by atoms with Crippen molar-refractivity contribution in [2.45, 2.75) is 26.4 Å². The van der Waals surface area contributed by atoms with Crippen LogP contribution in [0.3, 0.4) is 0 Å². The van der Waals surface area contributed by atoms with Gasteiger partial charge in [-0.25, -0.2) is 9.37 Å². The molecular weight excluding hydrogens is 413 g/mol. The molecule has 0 saturated heterocycles. The van der Waals surface area contributed by atoms with Crippen LogP contribution in [0.15, 0.2) is 58.1 Å². The monoisotopic (exact) mass is 433 g/mol. The Hall–Kier alpha value is -4.01. The summed E-state index contributed by atoms with van der Waals surface area (Å²) in [7, 11) is 1.59. The van der Waals surface area contributed by atoms with E-state index in [4.69, 9.17) is 9.26 Å². The highest BCUT2D eigenvalue weighted by atomic mass is 19.1. The molecule has 0 fully saturated rings. The quantitative estimate of drug-likeness (QED) is 0.407. The zero-order valence-electron chi connectivity index (χ0n) is 17.6. The number of halogens is 1. The molecule has 0 aliphatic rings. The van der Waals surface area contributed by atoms with E-state index in [1.54, 1.807) is 19.2 Å². The number of nitrogens with zero attached hydrogens (tertiary/aromatic N) is 5. The van der Waals surface area contributed by atoms with Crippen LogP contribution in [0.4, 0.5) is 4.39 Å². The second-order valence-electron chi connectivity index (χ2n) is 7.43. The number of hydrogen-bond donors (Lipinski definition) is 0. The molecule has 0 amide bonds. The molecule has 32 heavy (non-hydrogen) atoms. The minimum Gasteiger partial charge on any atom is -0.497 e. The summed E-state index contributed by atoms with van der Waals surface area (Å²) in [6.45, 7) is 2.43. The fraction of sp³-hybridized carbons (Fsp3) is 0.217. The molecule has 8 nitrogen and oxygen atoms in total. The van der Waals surface area contributed by atoms with Gasteiger partial charge in [0.25, 0.3) is 5.56 Å². The van der Waals surface area contributed by atoms with Crippen molar-refractivity contribution in [3.63, 3.8) is 0 Å². The summed E-state index contributed by atoms with van der Waals surface area (Å²) in [6, 6.07) is 11.8. The third kappa shape index (κ3) is 3.41. The lowest BCUT2D eigenvalue weighted by Gasteiger charge is -2.09. The first-order valence-electron chi connectivity index (χ1n) is 10.2. The zero-order chi connectivity index (χ0) is 22.2. The Kier molecular flexibility index (Phi) is 4.93. The Morgan fingerprint density at radius 2 is 1.94 bits per heavy atom. The lowest BCUT2D eigenvalue weighted by molar-refractivity contribution is 0.365. The number of aryl methyl sites for hydroxylation is 1. The average molecular weight is 433 g/mol. The van der Waals surface area contributed by atoms with E-state index in [0.29, 0.717) is 41.5 Å². The number of methoxy groups -OCH3 is 1. The summed E-state index contributed by atoms with van der Waals surface area (Å²) in [4.78, 5) is 22.4. The molecule has 0 bridgehead atoms. The van der Waals surface area contributed by atoms with Gasteiger partial charge in [0.05, 0.1) is 19.0 Å². The zero-order valence-corrected chi connectivity index (χ0v) is 17.6. The first-order valence-corrected chi connectivity index (χ1v) is 10.2. The van der Waals surface area contributed by atoms with E-state index in [-0.39, 0.29) is 17.9 Å². The molecular formula is C23H20FN5O3. The van der Waals surface area contributed by atoms with Gasteiger partial charge in [-0.1, -0.05) is 24.2 Å². The van der Waals surface area contributed by atoms with Gasteiger partial charge in [0.1, 0.15) is 29.1 Å². The van der Waals surface area contributed by atoms with Crippen LogP contribution >= 0.6 is 0 Å². The third-order valence-corrected chi connectivity index (χ3v) is 5.42. The second-order valence-corrected chi connectivity index (χ2v) is 7.43. The van der Waals surface area contributed by atoms with Crippen LogP contribution < -0.4 is 10.3 Å².